The number of amides is 3. The Kier molecular flexibility index (Phi) is 4.73. The van der Waals surface area contributed by atoms with E-state index in [-0.39, 0.29) is 47.8 Å². The van der Waals surface area contributed by atoms with Crippen molar-refractivity contribution < 1.29 is 18.8 Å². The number of nitrogens with one attached hydrogen (secondary N) is 1. The summed E-state index contributed by atoms with van der Waals surface area (Å²) in [7, 11) is 0. The number of aryl methyl sites for hydroxylation is 1. The molecule has 6 heteroatoms. The lowest BCUT2D eigenvalue weighted by molar-refractivity contribution is -0.144. The molecule has 3 amide bonds. The highest BCUT2D eigenvalue weighted by molar-refractivity contribution is 6.07. The van der Waals surface area contributed by atoms with Gasteiger partial charge in [0.05, 0.1) is 24.3 Å². The molecule has 3 aliphatic rings. The Balaban J connectivity index is 1.44. The number of likely N-dealkylation sites (tertiary alicyclic amines) is 1. The van der Waals surface area contributed by atoms with E-state index in [0.29, 0.717) is 11.3 Å². The van der Waals surface area contributed by atoms with E-state index in [0.717, 1.165) is 12.0 Å². The van der Waals surface area contributed by atoms with E-state index in [4.69, 9.17) is 0 Å². The highest BCUT2D eigenvalue weighted by atomic mass is 19.1. The summed E-state index contributed by atoms with van der Waals surface area (Å²) in [6.45, 7) is 1.93. The number of anilines is 1. The summed E-state index contributed by atoms with van der Waals surface area (Å²) in [5, 5.41) is 2.85. The van der Waals surface area contributed by atoms with Crippen LogP contribution in [0.25, 0.3) is 0 Å². The SMILES string of the molecule is Cc1cccc(NC(=O)CC(c2ccc(F)cc2)N2C(=O)C3C4C=CC(C4)C3C2=O)c1. The lowest BCUT2D eigenvalue weighted by atomic mass is 9.85. The van der Waals surface area contributed by atoms with Gasteiger partial charge in [0.15, 0.2) is 0 Å². The number of hydrogen-bond acceptors (Lipinski definition) is 3. The third kappa shape index (κ3) is 3.36. The van der Waals surface area contributed by atoms with Crippen molar-refractivity contribution in [2.45, 2.75) is 25.8 Å². The predicted octanol–water partition coefficient (Wildman–Crippen LogP) is 4.01. The van der Waals surface area contributed by atoms with Crippen molar-refractivity contribution in [3.8, 4) is 0 Å². The fraction of sp³-hybridized carbons (Fsp3) is 0.320. The molecule has 1 N–H and O–H groups in total. The van der Waals surface area contributed by atoms with Gasteiger partial charge in [0.1, 0.15) is 5.82 Å². The average molecular weight is 418 g/mol. The number of nitrogens with zero attached hydrogens (tertiary/aromatic N) is 1. The van der Waals surface area contributed by atoms with Gasteiger partial charge >= 0.3 is 0 Å². The predicted molar refractivity (Wildman–Crippen MR) is 113 cm³/mol. The second-order valence-corrected chi connectivity index (χ2v) is 8.74. The van der Waals surface area contributed by atoms with Crippen molar-refractivity contribution in [2.75, 3.05) is 5.32 Å². The van der Waals surface area contributed by atoms with Crippen LogP contribution in [-0.4, -0.2) is 22.6 Å². The highest BCUT2D eigenvalue weighted by Crippen LogP contribution is 2.54. The summed E-state index contributed by atoms with van der Waals surface area (Å²) in [5.74, 6) is -1.66. The molecule has 5 unspecified atom stereocenters. The van der Waals surface area contributed by atoms with Crippen LogP contribution in [0.15, 0.2) is 60.7 Å². The van der Waals surface area contributed by atoms with Crippen LogP contribution in [0, 0.1) is 36.4 Å². The molecule has 1 aliphatic heterocycles. The fourth-order valence-corrected chi connectivity index (χ4v) is 5.39. The van der Waals surface area contributed by atoms with E-state index < -0.39 is 11.9 Å². The molecule has 2 fully saturated rings. The normalized spacial score (nSPS) is 27.0. The van der Waals surface area contributed by atoms with Crippen LogP contribution in [-0.2, 0) is 14.4 Å². The third-order valence-electron chi connectivity index (χ3n) is 6.75. The van der Waals surface area contributed by atoms with Crippen molar-refractivity contribution in [2.24, 2.45) is 23.7 Å². The van der Waals surface area contributed by atoms with Crippen LogP contribution in [0.2, 0.25) is 0 Å². The van der Waals surface area contributed by atoms with E-state index in [1.54, 1.807) is 18.2 Å². The van der Waals surface area contributed by atoms with E-state index in [1.807, 2.05) is 37.3 Å². The molecule has 2 aromatic rings. The molecule has 2 aromatic carbocycles. The Labute approximate surface area is 179 Å². The van der Waals surface area contributed by atoms with E-state index >= 15 is 0 Å². The van der Waals surface area contributed by atoms with Crippen molar-refractivity contribution in [3.63, 3.8) is 0 Å². The van der Waals surface area contributed by atoms with E-state index in [9.17, 15) is 18.8 Å². The first-order chi connectivity index (χ1) is 14.9. The zero-order chi connectivity index (χ0) is 21.7. The summed E-state index contributed by atoms with van der Waals surface area (Å²) in [4.78, 5) is 40.8. The van der Waals surface area contributed by atoms with Crippen molar-refractivity contribution in [1.82, 2.24) is 4.90 Å². The van der Waals surface area contributed by atoms with Gasteiger partial charge < -0.3 is 5.32 Å². The zero-order valence-electron chi connectivity index (χ0n) is 17.1. The molecule has 1 saturated carbocycles. The highest BCUT2D eigenvalue weighted by Gasteiger charge is 2.60. The lowest BCUT2D eigenvalue weighted by Crippen LogP contribution is -2.38. The lowest BCUT2D eigenvalue weighted by Gasteiger charge is -2.28. The first-order valence-corrected chi connectivity index (χ1v) is 10.6. The molecule has 31 heavy (non-hydrogen) atoms. The largest absolute Gasteiger partial charge is 0.326 e. The van der Waals surface area contributed by atoms with Gasteiger partial charge in [0, 0.05) is 5.69 Å². The maximum absolute atomic E-state index is 13.5. The Hall–Kier alpha value is -3.28. The molecule has 0 spiro atoms. The standard InChI is InChI=1S/C25H23FN2O3/c1-14-3-2-4-19(11-14)27-21(29)13-20(15-7-9-18(26)10-8-15)28-24(30)22-16-5-6-17(12-16)23(22)25(28)31/h2-11,16-17,20,22-23H,12-13H2,1H3,(H,27,29). The molecule has 2 aliphatic carbocycles. The number of carbonyl (C=O) groups excluding carboxylic acids is 3. The number of imide groups is 1. The van der Waals surface area contributed by atoms with Crippen LogP contribution in [0.1, 0.15) is 30.0 Å². The Morgan fingerprint density at radius 2 is 1.71 bits per heavy atom. The van der Waals surface area contributed by atoms with Crippen LogP contribution in [0.3, 0.4) is 0 Å². The molecule has 1 heterocycles. The van der Waals surface area contributed by atoms with Gasteiger partial charge in [-0.15, -0.1) is 0 Å². The van der Waals surface area contributed by atoms with Gasteiger partial charge in [-0.05, 0) is 60.6 Å². The molecule has 158 valence electrons. The smallest absolute Gasteiger partial charge is 0.234 e. The van der Waals surface area contributed by atoms with E-state index in [1.165, 1.54) is 17.0 Å². The summed E-state index contributed by atoms with van der Waals surface area (Å²) < 4.78 is 13.5. The minimum absolute atomic E-state index is 0.0841. The van der Waals surface area contributed by atoms with Gasteiger partial charge in [-0.25, -0.2) is 4.39 Å². The number of carbonyl (C=O) groups is 3. The quantitative estimate of drug-likeness (QED) is 0.589. The van der Waals surface area contributed by atoms with Crippen LogP contribution in [0.5, 0.6) is 0 Å². The molecule has 5 nitrogen and oxygen atoms in total. The molecule has 2 bridgehead atoms. The Morgan fingerprint density at radius 1 is 1.06 bits per heavy atom. The second-order valence-electron chi connectivity index (χ2n) is 8.74. The molecular formula is C25H23FN2O3. The van der Waals surface area contributed by atoms with Crippen molar-refractivity contribution in [1.29, 1.82) is 0 Å². The molecule has 0 radical (unpaired) electrons. The minimum atomic E-state index is -0.768. The van der Waals surface area contributed by atoms with Crippen LogP contribution < -0.4 is 5.32 Å². The van der Waals surface area contributed by atoms with Gasteiger partial charge in [0.2, 0.25) is 17.7 Å². The number of benzene rings is 2. The van der Waals surface area contributed by atoms with Crippen molar-refractivity contribution >= 4 is 23.4 Å². The third-order valence-corrected chi connectivity index (χ3v) is 6.75. The monoisotopic (exact) mass is 418 g/mol. The number of halogens is 1. The van der Waals surface area contributed by atoms with Gasteiger partial charge in [-0.3, -0.25) is 19.3 Å². The fourth-order valence-electron chi connectivity index (χ4n) is 5.39. The summed E-state index contributed by atoms with van der Waals surface area (Å²) in [6, 6.07) is 12.3. The topological polar surface area (TPSA) is 66.5 Å². The van der Waals surface area contributed by atoms with Crippen LogP contribution in [0.4, 0.5) is 10.1 Å². The van der Waals surface area contributed by atoms with Gasteiger partial charge in [-0.1, -0.05) is 36.4 Å². The van der Waals surface area contributed by atoms with Gasteiger partial charge in [0.25, 0.3) is 0 Å². The van der Waals surface area contributed by atoms with Crippen LogP contribution >= 0.6 is 0 Å². The zero-order valence-corrected chi connectivity index (χ0v) is 17.1. The first kappa shape index (κ1) is 19.7. The molecule has 5 atom stereocenters. The van der Waals surface area contributed by atoms with Gasteiger partial charge in [-0.2, -0.15) is 0 Å². The molecule has 0 aromatic heterocycles. The molecule has 5 rings (SSSR count). The average Bonchev–Trinajstić information content (AvgIpc) is 3.41. The number of rotatable bonds is 5. The first-order valence-electron chi connectivity index (χ1n) is 10.6. The summed E-state index contributed by atoms with van der Waals surface area (Å²) >= 11 is 0. The number of fused-ring (bicyclic) bond motifs is 5. The number of allylic oxidation sites excluding steroid dienone is 2. The number of hydrogen-bond donors (Lipinski definition) is 1. The van der Waals surface area contributed by atoms with E-state index in [2.05, 4.69) is 5.32 Å². The Bertz CT molecular complexity index is 1060. The summed E-state index contributed by atoms with van der Waals surface area (Å²) in [6.07, 6.45) is 4.84. The minimum Gasteiger partial charge on any atom is -0.326 e. The molecule has 1 saturated heterocycles. The second kappa shape index (κ2) is 7.45. The summed E-state index contributed by atoms with van der Waals surface area (Å²) in [5.41, 5.74) is 2.23. The maximum Gasteiger partial charge on any atom is 0.234 e. The Morgan fingerprint density at radius 3 is 2.32 bits per heavy atom. The maximum atomic E-state index is 13.5. The van der Waals surface area contributed by atoms with Crippen molar-refractivity contribution in [3.05, 3.63) is 77.6 Å². The molecular weight excluding hydrogens is 395 g/mol.